The fourth-order valence-electron chi connectivity index (χ4n) is 2.03. The Balaban J connectivity index is 2.10. The lowest BCUT2D eigenvalue weighted by Crippen LogP contribution is -2.38. The Morgan fingerprint density at radius 2 is 2.15 bits per heavy atom. The van der Waals surface area contributed by atoms with Gasteiger partial charge in [-0.05, 0) is 22.4 Å². The van der Waals surface area contributed by atoms with Gasteiger partial charge in [-0.3, -0.25) is 23.9 Å². The van der Waals surface area contributed by atoms with Gasteiger partial charge in [-0.15, -0.1) is 0 Å². The van der Waals surface area contributed by atoms with Gasteiger partial charge < -0.3 is 10.0 Å². The molecule has 1 aromatic heterocycles. The number of halogens is 1. The van der Waals surface area contributed by atoms with Crippen LogP contribution in [0.1, 0.15) is 6.42 Å². The van der Waals surface area contributed by atoms with E-state index in [0.717, 1.165) is 4.57 Å². The van der Waals surface area contributed by atoms with E-state index in [1.807, 2.05) is 0 Å². The molecule has 108 valence electrons. The van der Waals surface area contributed by atoms with E-state index in [1.165, 1.54) is 11.1 Å². The van der Waals surface area contributed by atoms with Crippen LogP contribution in [0.5, 0.6) is 0 Å². The van der Waals surface area contributed by atoms with Crippen molar-refractivity contribution in [1.82, 2.24) is 14.5 Å². The number of aromatic nitrogens is 2. The highest BCUT2D eigenvalue weighted by Gasteiger charge is 2.30. The molecule has 1 aromatic rings. The third kappa shape index (κ3) is 2.98. The minimum Gasteiger partial charge on any atom is -0.481 e. The number of amides is 1. The Kier molecular flexibility index (Phi) is 4.07. The number of hydrogen-bond acceptors (Lipinski definition) is 4. The van der Waals surface area contributed by atoms with Gasteiger partial charge in [-0.2, -0.15) is 0 Å². The van der Waals surface area contributed by atoms with Gasteiger partial charge in [0.1, 0.15) is 6.54 Å². The van der Waals surface area contributed by atoms with Crippen molar-refractivity contribution in [3.63, 3.8) is 0 Å². The summed E-state index contributed by atoms with van der Waals surface area (Å²) in [6, 6.07) is 0. The van der Waals surface area contributed by atoms with Crippen LogP contribution in [-0.4, -0.2) is 44.5 Å². The van der Waals surface area contributed by atoms with E-state index in [0.29, 0.717) is 13.0 Å². The summed E-state index contributed by atoms with van der Waals surface area (Å²) in [5, 5.41) is 8.87. The zero-order valence-electron chi connectivity index (χ0n) is 10.3. The quantitative estimate of drug-likeness (QED) is 0.747. The summed E-state index contributed by atoms with van der Waals surface area (Å²) in [5.74, 6) is -1.84. The van der Waals surface area contributed by atoms with Crippen LogP contribution < -0.4 is 11.2 Å². The number of carboxylic acids is 1. The first-order chi connectivity index (χ1) is 9.38. The van der Waals surface area contributed by atoms with Crippen LogP contribution in [0.3, 0.4) is 0 Å². The first kappa shape index (κ1) is 14.5. The van der Waals surface area contributed by atoms with Crippen molar-refractivity contribution < 1.29 is 14.7 Å². The van der Waals surface area contributed by atoms with Crippen LogP contribution in [0.4, 0.5) is 0 Å². The second-order valence-electron chi connectivity index (χ2n) is 4.53. The highest BCUT2D eigenvalue weighted by molar-refractivity contribution is 9.10. The number of nitrogens with zero attached hydrogens (tertiary/aromatic N) is 2. The Morgan fingerprint density at radius 1 is 1.45 bits per heavy atom. The van der Waals surface area contributed by atoms with Crippen LogP contribution in [-0.2, 0) is 16.1 Å². The summed E-state index contributed by atoms with van der Waals surface area (Å²) in [6.07, 6.45) is 1.65. The molecule has 0 aromatic carbocycles. The van der Waals surface area contributed by atoms with E-state index in [2.05, 4.69) is 20.9 Å². The molecule has 20 heavy (non-hydrogen) atoms. The van der Waals surface area contributed by atoms with Gasteiger partial charge in [0.2, 0.25) is 5.91 Å². The van der Waals surface area contributed by atoms with Crippen LogP contribution >= 0.6 is 15.9 Å². The minimum absolute atomic E-state index is 0.146. The predicted molar refractivity (Wildman–Crippen MR) is 71.3 cm³/mol. The molecule has 0 bridgehead atoms. The Labute approximate surface area is 121 Å². The van der Waals surface area contributed by atoms with Gasteiger partial charge in [0.15, 0.2) is 0 Å². The molecule has 1 amide bonds. The van der Waals surface area contributed by atoms with E-state index in [4.69, 9.17) is 5.11 Å². The number of likely N-dealkylation sites (tertiary alicyclic amines) is 1. The molecule has 0 radical (unpaired) electrons. The Morgan fingerprint density at radius 3 is 2.75 bits per heavy atom. The summed E-state index contributed by atoms with van der Waals surface area (Å²) in [4.78, 5) is 49.0. The Bertz CT molecular complexity index is 665. The number of aromatic amines is 1. The van der Waals surface area contributed by atoms with E-state index in [-0.39, 0.29) is 23.5 Å². The van der Waals surface area contributed by atoms with Gasteiger partial charge in [-0.25, -0.2) is 4.79 Å². The van der Waals surface area contributed by atoms with Crippen LogP contribution in [0.25, 0.3) is 0 Å². The number of nitrogens with one attached hydrogen (secondary N) is 1. The van der Waals surface area contributed by atoms with Crippen LogP contribution in [0.15, 0.2) is 20.3 Å². The second-order valence-corrected chi connectivity index (χ2v) is 5.38. The number of carbonyl (C=O) groups is 2. The summed E-state index contributed by atoms with van der Waals surface area (Å²) < 4.78 is 1.22. The standard InChI is InChI=1S/C11H12BrN3O5/c12-7-4-15(11(20)13-9(7)17)5-8(16)14-2-1-6(3-14)10(18)19/h4,6H,1-3,5H2,(H,18,19)(H,13,17,20)/t6-/m1/s1. The van der Waals surface area contributed by atoms with Crippen LogP contribution in [0.2, 0.25) is 0 Å². The molecule has 1 fully saturated rings. The topological polar surface area (TPSA) is 112 Å². The molecule has 9 heteroatoms. The molecule has 0 spiro atoms. The van der Waals surface area contributed by atoms with Gasteiger partial charge in [-0.1, -0.05) is 0 Å². The summed E-state index contributed by atoms with van der Waals surface area (Å²) in [6.45, 7) is 0.267. The average Bonchev–Trinajstić information content (AvgIpc) is 2.85. The Hall–Kier alpha value is -1.90. The summed E-state index contributed by atoms with van der Waals surface area (Å²) in [5.41, 5.74) is -1.24. The fourth-order valence-corrected chi connectivity index (χ4v) is 2.38. The third-order valence-corrected chi connectivity index (χ3v) is 3.73. The van der Waals surface area contributed by atoms with Gasteiger partial charge in [0.05, 0.1) is 10.4 Å². The van der Waals surface area contributed by atoms with Crippen molar-refractivity contribution in [3.05, 3.63) is 31.5 Å². The largest absolute Gasteiger partial charge is 0.481 e. The third-order valence-electron chi connectivity index (χ3n) is 3.16. The lowest BCUT2D eigenvalue weighted by Gasteiger charge is -2.16. The van der Waals surface area contributed by atoms with E-state index in [1.54, 1.807) is 0 Å². The maximum atomic E-state index is 12.0. The monoisotopic (exact) mass is 345 g/mol. The maximum absolute atomic E-state index is 12.0. The zero-order chi connectivity index (χ0) is 14.9. The smallest absolute Gasteiger partial charge is 0.328 e. The molecule has 2 N–H and O–H groups in total. The average molecular weight is 346 g/mol. The van der Waals surface area contributed by atoms with Crippen molar-refractivity contribution in [1.29, 1.82) is 0 Å². The van der Waals surface area contributed by atoms with Crippen molar-refractivity contribution >= 4 is 27.8 Å². The molecule has 1 atom stereocenters. The normalized spacial score (nSPS) is 18.2. The lowest BCUT2D eigenvalue weighted by atomic mass is 10.1. The van der Waals surface area contributed by atoms with Gasteiger partial charge in [0.25, 0.3) is 5.56 Å². The van der Waals surface area contributed by atoms with Crippen molar-refractivity contribution in [2.24, 2.45) is 5.92 Å². The molecular weight excluding hydrogens is 334 g/mol. The molecule has 1 aliphatic rings. The second kappa shape index (κ2) is 5.61. The number of carbonyl (C=O) groups excluding carboxylic acids is 1. The van der Waals surface area contributed by atoms with Crippen LogP contribution in [0, 0.1) is 5.92 Å². The first-order valence-corrected chi connectivity index (χ1v) is 6.67. The molecule has 0 unspecified atom stereocenters. The predicted octanol–water partition coefficient (Wildman–Crippen LogP) is -0.768. The molecule has 1 saturated heterocycles. The molecular formula is C11H12BrN3O5. The molecule has 1 aliphatic heterocycles. The number of aliphatic carboxylic acids is 1. The van der Waals surface area contributed by atoms with Gasteiger partial charge >= 0.3 is 11.7 Å². The van der Waals surface area contributed by atoms with Crippen molar-refractivity contribution in [2.75, 3.05) is 13.1 Å². The summed E-state index contributed by atoms with van der Waals surface area (Å²) in [7, 11) is 0. The lowest BCUT2D eigenvalue weighted by molar-refractivity contribution is -0.141. The fraction of sp³-hybridized carbons (Fsp3) is 0.455. The molecule has 2 rings (SSSR count). The SMILES string of the molecule is O=C(O)[C@@H]1CCN(C(=O)Cn2cc(Br)c(=O)[nH]c2=O)C1. The number of carboxylic acid groups (broad SMARTS) is 1. The van der Waals surface area contributed by atoms with Crippen molar-refractivity contribution in [2.45, 2.75) is 13.0 Å². The molecule has 0 saturated carbocycles. The van der Waals surface area contributed by atoms with E-state index in [9.17, 15) is 19.2 Å². The summed E-state index contributed by atoms with van der Waals surface area (Å²) >= 11 is 2.98. The molecule has 0 aliphatic carbocycles. The number of rotatable bonds is 3. The van der Waals surface area contributed by atoms with Gasteiger partial charge in [0, 0.05) is 19.3 Å². The highest BCUT2D eigenvalue weighted by atomic mass is 79.9. The number of hydrogen-bond donors (Lipinski definition) is 2. The van der Waals surface area contributed by atoms with E-state index < -0.39 is 23.1 Å². The van der Waals surface area contributed by atoms with Crippen molar-refractivity contribution in [3.8, 4) is 0 Å². The molecule has 2 heterocycles. The first-order valence-electron chi connectivity index (χ1n) is 5.88. The highest BCUT2D eigenvalue weighted by Crippen LogP contribution is 2.16. The maximum Gasteiger partial charge on any atom is 0.328 e. The number of H-pyrrole nitrogens is 1. The molecule has 8 nitrogen and oxygen atoms in total. The minimum atomic E-state index is -0.927. The van der Waals surface area contributed by atoms with E-state index >= 15 is 0 Å². The zero-order valence-corrected chi connectivity index (χ0v) is 11.9.